The average Bonchev–Trinajstić information content (AvgIpc) is 3.51. The predicted molar refractivity (Wildman–Crippen MR) is 170 cm³/mol. The SMILES string of the molecule is COc1ccc(CN(c2nccs2)S(=O)(=O)c2cc(Cl)c(NCCC3CCN(C(=O)OC(C)(C)C)CC3)cc2F)c(OC)c1. The van der Waals surface area contributed by atoms with Gasteiger partial charge in [-0.15, -0.1) is 11.3 Å². The highest BCUT2D eigenvalue weighted by atomic mass is 35.5. The molecule has 0 atom stereocenters. The lowest BCUT2D eigenvalue weighted by Crippen LogP contribution is -2.41. The summed E-state index contributed by atoms with van der Waals surface area (Å²) in [6.07, 6.45) is 3.60. The number of amides is 1. The standard InChI is InChI=1S/C30H38ClFN4O6S2/c1-30(2,3)42-29(37)35-13-9-20(10-14-35)8-11-33-25-18-24(32)27(17-23(25)31)44(38,39)36(28-34-12-15-43-28)19-21-6-7-22(40-4)16-26(21)41-5/h6-7,12,15-18,20,33H,8-11,13-14,19H2,1-5H3. The Morgan fingerprint density at radius 3 is 2.52 bits per heavy atom. The number of methoxy groups -OCH3 is 2. The number of aromatic nitrogens is 1. The van der Waals surface area contributed by atoms with Gasteiger partial charge in [0.1, 0.15) is 27.8 Å². The third-order valence-corrected chi connectivity index (χ3v) is 10.1. The number of nitrogens with zero attached hydrogens (tertiary/aromatic N) is 3. The first-order chi connectivity index (χ1) is 20.8. The van der Waals surface area contributed by atoms with Gasteiger partial charge in [0.05, 0.1) is 31.5 Å². The molecule has 1 aromatic heterocycles. The van der Waals surface area contributed by atoms with E-state index in [2.05, 4.69) is 10.3 Å². The highest BCUT2D eigenvalue weighted by molar-refractivity contribution is 7.93. The van der Waals surface area contributed by atoms with E-state index in [9.17, 15) is 13.2 Å². The third kappa shape index (κ3) is 8.24. The number of likely N-dealkylation sites (tertiary alicyclic amines) is 1. The minimum absolute atomic E-state index is 0.0748. The number of thiazole rings is 1. The molecule has 1 saturated heterocycles. The Morgan fingerprint density at radius 1 is 1.18 bits per heavy atom. The van der Waals surface area contributed by atoms with Crippen LogP contribution in [-0.2, 0) is 21.3 Å². The zero-order chi connectivity index (χ0) is 32.1. The second-order valence-electron chi connectivity index (χ2n) is 11.4. The second kappa shape index (κ2) is 14.2. The highest BCUT2D eigenvalue weighted by Crippen LogP contribution is 2.35. The highest BCUT2D eigenvalue weighted by Gasteiger charge is 2.32. The number of carbonyl (C=O) groups is 1. The van der Waals surface area contributed by atoms with Crippen LogP contribution in [0.25, 0.3) is 0 Å². The van der Waals surface area contributed by atoms with Crippen LogP contribution in [0, 0.1) is 11.7 Å². The van der Waals surface area contributed by atoms with Crippen LogP contribution >= 0.6 is 22.9 Å². The minimum Gasteiger partial charge on any atom is -0.497 e. The van der Waals surface area contributed by atoms with E-state index in [1.54, 1.807) is 28.5 Å². The number of carbonyl (C=O) groups excluding carboxylic acids is 1. The van der Waals surface area contributed by atoms with Crippen LogP contribution in [0.15, 0.2) is 46.8 Å². The van der Waals surface area contributed by atoms with E-state index >= 15 is 4.39 Å². The quantitative estimate of drug-likeness (QED) is 0.238. The van der Waals surface area contributed by atoms with Crippen molar-refractivity contribution in [3.63, 3.8) is 0 Å². The maximum atomic E-state index is 15.5. The van der Waals surface area contributed by atoms with Crippen molar-refractivity contribution in [1.29, 1.82) is 0 Å². The van der Waals surface area contributed by atoms with Crippen LogP contribution in [0.4, 0.5) is 20.0 Å². The van der Waals surface area contributed by atoms with Gasteiger partial charge in [-0.25, -0.2) is 26.9 Å². The molecule has 0 spiro atoms. The number of rotatable bonds is 11. The summed E-state index contributed by atoms with van der Waals surface area (Å²) in [7, 11) is -1.44. The molecular formula is C30H38ClFN4O6S2. The molecule has 14 heteroatoms. The normalized spacial score (nSPS) is 14.3. The fourth-order valence-corrected chi connectivity index (χ4v) is 7.49. The van der Waals surface area contributed by atoms with E-state index in [1.807, 2.05) is 20.8 Å². The number of hydrogen-bond donors (Lipinski definition) is 1. The molecular weight excluding hydrogens is 631 g/mol. The Labute approximate surface area is 267 Å². The Balaban J connectivity index is 1.44. The van der Waals surface area contributed by atoms with Crippen molar-refractivity contribution in [3.8, 4) is 11.5 Å². The van der Waals surface area contributed by atoms with E-state index in [1.165, 1.54) is 20.4 Å². The predicted octanol–water partition coefficient (Wildman–Crippen LogP) is 6.80. The zero-order valence-electron chi connectivity index (χ0n) is 25.4. The van der Waals surface area contributed by atoms with E-state index in [0.29, 0.717) is 48.3 Å². The summed E-state index contributed by atoms with van der Waals surface area (Å²) >= 11 is 7.60. The number of ether oxygens (including phenoxy) is 3. The fraction of sp³-hybridized carbons (Fsp3) is 0.467. The largest absolute Gasteiger partial charge is 0.497 e. The molecule has 2 aromatic carbocycles. The molecule has 1 fully saturated rings. The lowest BCUT2D eigenvalue weighted by atomic mass is 9.94. The molecule has 0 aliphatic carbocycles. The summed E-state index contributed by atoms with van der Waals surface area (Å²) in [4.78, 5) is 17.7. The van der Waals surface area contributed by atoms with Crippen LogP contribution in [-0.4, -0.2) is 63.8 Å². The monoisotopic (exact) mass is 668 g/mol. The first-order valence-electron chi connectivity index (χ1n) is 14.2. The van der Waals surface area contributed by atoms with Crippen LogP contribution in [0.1, 0.15) is 45.6 Å². The summed E-state index contributed by atoms with van der Waals surface area (Å²) in [6, 6.07) is 7.25. The Hall–Kier alpha value is -3.29. The summed E-state index contributed by atoms with van der Waals surface area (Å²) in [6.45, 7) is 7.10. The number of hydrogen-bond acceptors (Lipinski definition) is 9. The minimum atomic E-state index is -4.43. The molecule has 10 nitrogen and oxygen atoms in total. The van der Waals surface area contributed by atoms with Gasteiger partial charge in [0.25, 0.3) is 10.0 Å². The number of nitrogens with one attached hydrogen (secondary N) is 1. The molecule has 1 N–H and O–H groups in total. The molecule has 3 aromatic rings. The first-order valence-corrected chi connectivity index (χ1v) is 16.9. The summed E-state index contributed by atoms with van der Waals surface area (Å²) in [5.41, 5.74) is 0.297. The average molecular weight is 669 g/mol. The van der Waals surface area contributed by atoms with Crippen molar-refractivity contribution in [2.75, 3.05) is 43.5 Å². The van der Waals surface area contributed by atoms with Gasteiger partial charge < -0.3 is 24.4 Å². The second-order valence-corrected chi connectivity index (χ2v) is 14.5. The molecule has 1 amide bonds. The lowest BCUT2D eigenvalue weighted by Gasteiger charge is -2.33. The number of benzene rings is 2. The van der Waals surface area contributed by atoms with E-state index in [-0.39, 0.29) is 22.8 Å². The molecule has 0 unspecified atom stereocenters. The van der Waals surface area contributed by atoms with E-state index in [0.717, 1.165) is 47.0 Å². The Kier molecular flexibility index (Phi) is 10.9. The Bertz CT molecular complexity index is 1540. The van der Waals surface area contributed by atoms with Gasteiger partial charge in [-0.1, -0.05) is 11.6 Å². The molecule has 0 saturated carbocycles. The van der Waals surface area contributed by atoms with Crippen molar-refractivity contribution < 1.29 is 31.8 Å². The first kappa shape index (κ1) is 33.6. The van der Waals surface area contributed by atoms with Crippen molar-refractivity contribution in [1.82, 2.24) is 9.88 Å². The van der Waals surface area contributed by atoms with Gasteiger partial charge in [-0.2, -0.15) is 0 Å². The molecule has 0 bridgehead atoms. The fourth-order valence-electron chi connectivity index (χ4n) is 4.85. The van der Waals surface area contributed by atoms with Crippen molar-refractivity contribution >= 4 is 49.9 Å². The van der Waals surface area contributed by atoms with Crippen LogP contribution < -0.4 is 19.1 Å². The van der Waals surface area contributed by atoms with E-state index in [4.69, 9.17) is 25.8 Å². The van der Waals surface area contributed by atoms with Gasteiger partial charge in [0.15, 0.2) is 5.13 Å². The number of anilines is 2. The topological polar surface area (TPSA) is 110 Å². The van der Waals surface area contributed by atoms with Crippen molar-refractivity contribution in [2.24, 2.45) is 5.92 Å². The maximum Gasteiger partial charge on any atom is 0.410 e. The molecule has 2 heterocycles. The molecule has 1 aliphatic heterocycles. The molecule has 240 valence electrons. The number of halogens is 2. The molecule has 4 rings (SSSR count). The maximum absolute atomic E-state index is 15.5. The zero-order valence-corrected chi connectivity index (χ0v) is 27.8. The summed E-state index contributed by atoms with van der Waals surface area (Å²) < 4.78 is 60.5. The van der Waals surface area contributed by atoms with Gasteiger partial charge in [0.2, 0.25) is 0 Å². The third-order valence-electron chi connectivity index (χ3n) is 7.16. The van der Waals surface area contributed by atoms with Gasteiger partial charge >= 0.3 is 6.09 Å². The van der Waals surface area contributed by atoms with Gasteiger partial charge in [-0.3, -0.25) is 0 Å². The van der Waals surface area contributed by atoms with Gasteiger partial charge in [0, 0.05) is 42.8 Å². The smallest absolute Gasteiger partial charge is 0.410 e. The van der Waals surface area contributed by atoms with Crippen molar-refractivity contribution in [2.45, 2.75) is 57.1 Å². The van der Waals surface area contributed by atoms with Crippen molar-refractivity contribution in [3.05, 3.63) is 58.3 Å². The molecule has 0 radical (unpaired) electrons. The summed E-state index contributed by atoms with van der Waals surface area (Å²) in [5, 5.41) is 5.02. The Morgan fingerprint density at radius 2 is 1.91 bits per heavy atom. The van der Waals surface area contributed by atoms with Gasteiger partial charge in [-0.05, 0) is 70.2 Å². The van der Waals surface area contributed by atoms with Crippen LogP contribution in [0.5, 0.6) is 11.5 Å². The van der Waals surface area contributed by atoms with Crippen LogP contribution in [0.3, 0.4) is 0 Å². The summed E-state index contributed by atoms with van der Waals surface area (Å²) in [5.74, 6) is 0.383. The number of sulfonamides is 1. The van der Waals surface area contributed by atoms with Crippen LogP contribution in [0.2, 0.25) is 5.02 Å². The molecule has 1 aliphatic rings. The van der Waals surface area contributed by atoms with E-state index < -0.39 is 26.3 Å². The molecule has 44 heavy (non-hydrogen) atoms. The lowest BCUT2D eigenvalue weighted by molar-refractivity contribution is 0.0182. The number of piperidine rings is 1.